The van der Waals surface area contributed by atoms with Gasteiger partial charge in [-0.05, 0) is 39.3 Å². The standard InChI is InChI=1S/C15H33N3/c1-5-15(6-2,18(3)4)14(17-16)12-13-10-8-7-9-11-13/h13-14,17H,5-12,16H2,1-4H3. The normalized spacial score (nSPS) is 20.3. The molecule has 0 aliphatic heterocycles. The summed E-state index contributed by atoms with van der Waals surface area (Å²) in [6.45, 7) is 4.57. The van der Waals surface area contributed by atoms with Crippen LogP contribution in [-0.4, -0.2) is 30.6 Å². The molecule has 3 nitrogen and oxygen atoms in total. The third kappa shape index (κ3) is 3.46. The second-order valence-electron chi connectivity index (χ2n) is 6.16. The van der Waals surface area contributed by atoms with E-state index in [0.29, 0.717) is 6.04 Å². The fourth-order valence-corrected chi connectivity index (χ4v) is 3.89. The minimum atomic E-state index is 0.201. The molecule has 18 heavy (non-hydrogen) atoms. The predicted molar refractivity (Wildman–Crippen MR) is 79.3 cm³/mol. The molecule has 3 heteroatoms. The van der Waals surface area contributed by atoms with Gasteiger partial charge in [-0.1, -0.05) is 46.0 Å². The molecule has 1 atom stereocenters. The van der Waals surface area contributed by atoms with E-state index in [1.54, 1.807) is 0 Å². The minimum absolute atomic E-state index is 0.201. The van der Waals surface area contributed by atoms with E-state index >= 15 is 0 Å². The molecule has 1 fully saturated rings. The summed E-state index contributed by atoms with van der Waals surface area (Å²) in [5.74, 6) is 6.76. The molecule has 1 rings (SSSR count). The van der Waals surface area contributed by atoms with Crippen molar-refractivity contribution >= 4 is 0 Å². The molecule has 0 aromatic carbocycles. The number of rotatable bonds is 7. The summed E-state index contributed by atoms with van der Waals surface area (Å²) in [4.78, 5) is 2.38. The summed E-state index contributed by atoms with van der Waals surface area (Å²) in [5.41, 5.74) is 3.33. The summed E-state index contributed by atoms with van der Waals surface area (Å²) in [7, 11) is 4.39. The van der Waals surface area contributed by atoms with Crippen LogP contribution in [0.25, 0.3) is 0 Å². The van der Waals surface area contributed by atoms with Crippen molar-refractivity contribution in [3.63, 3.8) is 0 Å². The number of likely N-dealkylation sites (N-methyl/N-ethyl adjacent to an activating group) is 1. The molecule has 1 unspecified atom stereocenters. The maximum Gasteiger partial charge on any atom is 0.0396 e. The van der Waals surface area contributed by atoms with E-state index in [2.05, 4.69) is 38.3 Å². The Balaban J connectivity index is 2.71. The molecule has 1 saturated carbocycles. The molecule has 0 saturated heterocycles. The molecule has 0 spiro atoms. The first kappa shape index (κ1) is 15.9. The van der Waals surface area contributed by atoms with Crippen molar-refractivity contribution < 1.29 is 0 Å². The van der Waals surface area contributed by atoms with Crippen molar-refractivity contribution in [3.05, 3.63) is 0 Å². The highest BCUT2D eigenvalue weighted by atomic mass is 15.3. The van der Waals surface area contributed by atoms with Gasteiger partial charge in [-0.2, -0.15) is 0 Å². The third-order valence-corrected chi connectivity index (χ3v) is 5.26. The monoisotopic (exact) mass is 255 g/mol. The van der Waals surface area contributed by atoms with Crippen molar-refractivity contribution in [3.8, 4) is 0 Å². The summed E-state index contributed by atoms with van der Waals surface area (Å²) >= 11 is 0. The number of nitrogens with two attached hydrogens (primary N) is 1. The van der Waals surface area contributed by atoms with Crippen LogP contribution in [0.15, 0.2) is 0 Å². The van der Waals surface area contributed by atoms with Gasteiger partial charge in [0.1, 0.15) is 0 Å². The Labute approximate surface area is 113 Å². The van der Waals surface area contributed by atoms with Gasteiger partial charge in [-0.3, -0.25) is 11.3 Å². The lowest BCUT2D eigenvalue weighted by molar-refractivity contribution is 0.0719. The van der Waals surface area contributed by atoms with Crippen molar-refractivity contribution in [1.29, 1.82) is 0 Å². The lowest BCUT2D eigenvalue weighted by Crippen LogP contribution is -2.60. The molecular weight excluding hydrogens is 222 g/mol. The first-order valence-corrected chi connectivity index (χ1v) is 7.74. The van der Waals surface area contributed by atoms with Crippen LogP contribution < -0.4 is 11.3 Å². The van der Waals surface area contributed by atoms with Crippen molar-refractivity contribution in [2.75, 3.05) is 14.1 Å². The van der Waals surface area contributed by atoms with Gasteiger partial charge in [0.15, 0.2) is 0 Å². The fraction of sp³-hybridized carbons (Fsp3) is 1.00. The average molecular weight is 255 g/mol. The highest BCUT2D eigenvalue weighted by molar-refractivity contribution is 4.97. The van der Waals surface area contributed by atoms with Gasteiger partial charge in [0.25, 0.3) is 0 Å². The van der Waals surface area contributed by atoms with Gasteiger partial charge in [0.2, 0.25) is 0 Å². The second kappa shape index (κ2) is 7.46. The summed E-state index contributed by atoms with van der Waals surface area (Å²) in [6.07, 6.45) is 10.6. The van der Waals surface area contributed by atoms with E-state index in [1.807, 2.05) is 0 Å². The van der Waals surface area contributed by atoms with Crippen molar-refractivity contribution in [2.24, 2.45) is 11.8 Å². The predicted octanol–water partition coefficient (Wildman–Crippen LogP) is 2.91. The molecule has 1 aliphatic rings. The molecule has 1 aliphatic carbocycles. The Morgan fingerprint density at radius 2 is 1.72 bits per heavy atom. The van der Waals surface area contributed by atoms with Crippen LogP contribution in [0.1, 0.15) is 65.2 Å². The smallest absolute Gasteiger partial charge is 0.0396 e. The first-order valence-electron chi connectivity index (χ1n) is 7.74. The molecule has 0 amide bonds. The summed E-state index contributed by atoms with van der Waals surface area (Å²) in [5, 5.41) is 0. The highest BCUT2D eigenvalue weighted by Gasteiger charge is 2.38. The first-order chi connectivity index (χ1) is 8.60. The average Bonchev–Trinajstić information content (AvgIpc) is 2.40. The minimum Gasteiger partial charge on any atom is -0.302 e. The fourth-order valence-electron chi connectivity index (χ4n) is 3.89. The van der Waals surface area contributed by atoms with Crippen molar-refractivity contribution in [1.82, 2.24) is 10.3 Å². The van der Waals surface area contributed by atoms with Gasteiger partial charge in [-0.25, -0.2) is 0 Å². The second-order valence-corrected chi connectivity index (χ2v) is 6.16. The maximum absolute atomic E-state index is 5.89. The van der Waals surface area contributed by atoms with Crippen molar-refractivity contribution in [2.45, 2.75) is 76.8 Å². The molecule has 0 heterocycles. The van der Waals surface area contributed by atoms with E-state index in [4.69, 9.17) is 5.84 Å². The van der Waals surface area contributed by atoms with Gasteiger partial charge >= 0.3 is 0 Å². The van der Waals surface area contributed by atoms with Crippen LogP contribution in [0.3, 0.4) is 0 Å². The SMILES string of the molecule is CCC(CC)(C(CC1CCCCC1)NN)N(C)C. The molecule has 3 N–H and O–H groups in total. The topological polar surface area (TPSA) is 41.3 Å². The van der Waals surface area contributed by atoms with Crippen LogP contribution in [0.4, 0.5) is 0 Å². The number of nitrogens with one attached hydrogen (secondary N) is 1. The Bertz CT molecular complexity index is 218. The van der Waals surface area contributed by atoms with Crippen LogP contribution >= 0.6 is 0 Å². The van der Waals surface area contributed by atoms with E-state index in [9.17, 15) is 0 Å². The van der Waals surface area contributed by atoms with E-state index < -0.39 is 0 Å². The zero-order valence-corrected chi connectivity index (χ0v) is 12.8. The van der Waals surface area contributed by atoms with Crippen LogP contribution in [-0.2, 0) is 0 Å². The van der Waals surface area contributed by atoms with Gasteiger partial charge in [0.05, 0.1) is 0 Å². The molecule has 108 valence electrons. The number of nitrogens with zero attached hydrogens (tertiary/aromatic N) is 1. The lowest BCUT2D eigenvalue weighted by Gasteiger charge is -2.46. The summed E-state index contributed by atoms with van der Waals surface area (Å²) in [6, 6.07) is 0.408. The quantitative estimate of drug-likeness (QED) is 0.543. The zero-order chi connectivity index (χ0) is 13.6. The molecular formula is C15H33N3. The zero-order valence-electron chi connectivity index (χ0n) is 12.8. The number of hydrogen-bond donors (Lipinski definition) is 2. The van der Waals surface area contributed by atoms with E-state index in [1.165, 1.54) is 38.5 Å². The molecule has 0 aromatic heterocycles. The van der Waals surface area contributed by atoms with Crippen LogP contribution in [0, 0.1) is 5.92 Å². The Morgan fingerprint density at radius 3 is 2.11 bits per heavy atom. The van der Waals surface area contributed by atoms with Crippen LogP contribution in [0.2, 0.25) is 0 Å². The Kier molecular flexibility index (Phi) is 6.61. The largest absolute Gasteiger partial charge is 0.302 e. The highest BCUT2D eigenvalue weighted by Crippen LogP contribution is 2.34. The van der Waals surface area contributed by atoms with E-state index in [-0.39, 0.29) is 5.54 Å². The van der Waals surface area contributed by atoms with Gasteiger partial charge in [0, 0.05) is 11.6 Å². The molecule has 0 radical (unpaired) electrons. The van der Waals surface area contributed by atoms with Crippen LogP contribution in [0.5, 0.6) is 0 Å². The van der Waals surface area contributed by atoms with Gasteiger partial charge in [-0.15, -0.1) is 0 Å². The number of hydrazine groups is 1. The Hall–Kier alpha value is -0.120. The molecule has 0 bridgehead atoms. The maximum atomic E-state index is 5.89. The number of hydrogen-bond acceptors (Lipinski definition) is 3. The lowest BCUT2D eigenvalue weighted by atomic mass is 9.76. The summed E-state index contributed by atoms with van der Waals surface area (Å²) < 4.78 is 0. The van der Waals surface area contributed by atoms with E-state index in [0.717, 1.165) is 18.8 Å². The third-order valence-electron chi connectivity index (χ3n) is 5.26. The Morgan fingerprint density at radius 1 is 1.17 bits per heavy atom. The van der Waals surface area contributed by atoms with Gasteiger partial charge < -0.3 is 4.90 Å². The molecule has 0 aromatic rings.